The van der Waals surface area contributed by atoms with Crippen LogP contribution in [-0.2, 0) is 6.54 Å². The Morgan fingerprint density at radius 2 is 2.20 bits per heavy atom. The molecule has 1 atom stereocenters. The lowest BCUT2D eigenvalue weighted by molar-refractivity contribution is 0.398. The fraction of sp³-hybridized carbons (Fsp3) is 0.600. The zero-order chi connectivity index (χ0) is 14.1. The van der Waals surface area contributed by atoms with Crippen molar-refractivity contribution in [3.8, 4) is 5.88 Å². The third kappa shape index (κ3) is 2.75. The molecule has 0 bridgehead atoms. The summed E-state index contributed by atoms with van der Waals surface area (Å²) < 4.78 is 7.37. The lowest BCUT2D eigenvalue weighted by Gasteiger charge is -2.10. The SMILES string of the molecule is COc1ccc2nc(C(C)Cl)n(CCCC3CC3)c2n1. The van der Waals surface area contributed by atoms with Crippen molar-refractivity contribution in [3.63, 3.8) is 0 Å². The van der Waals surface area contributed by atoms with Crippen molar-refractivity contribution in [1.82, 2.24) is 14.5 Å². The van der Waals surface area contributed by atoms with Gasteiger partial charge in [0.25, 0.3) is 0 Å². The summed E-state index contributed by atoms with van der Waals surface area (Å²) in [5.41, 5.74) is 1.77. The number of nitrogens with zero attached hydrogens (tertiary/aromatic N) is 3. The average Bonchev–Trinajstić information content (AvgIpc) is 3.19. The van der Waals surface area contributed by atoms with Crippen LogP contribution < -0.4 is 4.74 Å². The number of hydrogen-bond acceptors (Lipinski definition) is 3. The number of aryl methyl sites for hydroxylation is 1. The van der Waals surface area contributed by atoms with E-state index >= 15 is 0 Å². The van der Waals surface area contributed by atoms with E-state index in [1.54, 1.807) is 7.11 Å². The lowest BCUT2D eigenvalue weighted by Crippen LogP contribution is -2.06. The molecule has 5 heteroatoms. The van der Waals surface area contributed by atoms with E-state index in [2.05, 4.69) is 14.5 Å². The van der Waals surface area contributed by atoms with E-state index in [1.165, 1.54) is 19.3 Å². The second-order valence-corrected chi connectivity index (χ2v) is 6.17. The normalized spacial score (nSPS) is 16.6. The molecule has 0 aromatic carbocycles. The molecule has 0 amide bonds. The molecule has 0 saturated heterocycles. The summed E-state index contributed by atoms with van der Waals surface area (Å²) in [5.74, 6) is 2.47. The number of methoxy groups -OCH3 is 1. The van der Waals surface area contributed by atoms with E-state index < -0.39 is 0 Å². The predicted octanol–water partition coefficient (Wildman–Crippen LogP) is 3.93. The van der Waals surface area contributed by atoms with Crippen molar-refractivity contribution in [2.24, 2.45) is 5.92 Å². The molecule has 20 heavy (non-hydrogen) atoms. The highest BCUT2D eigenvalue weighted by Crippen LogP contribution is 2.34. The van der Waals surface area contributed by atoms with Crippen molar-refractivity contribution in [2.45, 2.75) is 44.5 Å². The predicted molar refractivity (Wildman–Crippen MR) is 80.3 cm³/mol. The first-order valence-corrected chi connectivity index (χ1v) is 7.68. The first-order valence-electron chi connectivity index (χ1n) is 7.24. The molecular weight excluding hydrogens is 274 g/mol. The Balaban J connectivity index is 1.92. The molecular formula is C15H20ClN3O. The van der Waals surface area contributed by atoms with Crippen LogP contribution in [0.2, 0.25) is 0 Å². The average molecular weight is 294 g/mol. The summed E-state index contributed by atoms with van der Waals surface area (Å²) >= 11 is 6.26. The molecule has 2 aromatic rings. The van der Waals surface area contributed by atoms with Gasteiger partial charge in [-0.2, -0.15) is 4.98 Å². The molecule has 1 aliphatic carbocycles. The molecule has 1 fully saturated rings. The van der Waals surface area contributed by atoms with Crippen LogP contribution in [-0.4, -0.2) is 21.6 Å². The monoisotopic (exact) mass is 293 g/mol. The molecule has 4 nitrogen and oxygen atoms in total. The van der Waals surface area contributed by atoms with E-state index in [0.29, 0.717) is 5.88 Å². The summed E-state index contributed by atoms with van der Waals surface area (Å²) in [5, 5.41) is -0.115. The number of imidazole rings is 1. The molecule has 3 rings (SSSR count). The van der Waals surface area contributed by atoms with E-state index in [-0.39, 0.29) is 5.38 Å². The van der Waals surface area contributed by atoms with Gasteiger partial charge in [-0.25, -0.2) is 4.98 Å². The number of hydrogen-bond donors (Lipinski definition) is 0. The van der Waals surface area contributed by atoms with Crippen molar-refractivity contribution in [3.05, 3.63) is 18.0 Å². The highest BCUT2D eigenvalue weighted by atomic mass is 35.5. The van der Waals surface area contributed by atoms with Crippen LogP contribution in [0.5, 0.6) is 5.88 Å². The van der Waals surface area contributed by atoms with Crippen LogP contribution in [0.1, 0.15) is 43.8 Å². The van der Waals surface area contributed by atoms with Crippen LogP contribution in [0.15, 0.2) is 12.1 Å². The van der Waals surface area contributed by atoms with Gasteiger partial charge in [0.05, 0.1) is 12.5 Å². The Kier molecular flexibility index (Phi) is 3.83. The molecule has 0 aliphatic heterocycles. The third-order valence-corrected chi connectivity index (χ3v) is 4.05. The van der Waals surface area contributed by atoms with Crippen molar-refractivity contribution in [2.75, 3.05) is 7.11 Å². The molecule has 0 radical (unpaired) electrons. The van der Waals surface area contributed by atoms with Crippen LogP contribution in [0.25, 0.3) is 11.2 Å². The van der Waals surface area contributed by atoms with E-state index in [0.717, 1.165) is 35.9 Å². The van der Waals surface area contributed by atoms with E-state index in [9.17, 15) is 0 Å². The van der Waals surface area contributed by atoms with Gasteiger partial charge in [0.2, 0.25) is 5.88 Å². The maximum atomic E-state index is 6.26. The lowest BCUT2D eigenvalue weighted by atomic mass is 10.2. The Labute approximate surface area is 124 Å². The molecule has 1 saturated carbocycles. The standard InChI is InChI=1S/C15H20ClN3O/c1-10(16)14-17-12-7-8-13(20-2)18-15(12)19(14)9-3-4-11-5-6-11/h7-8,10-11H,3-6,9H2,1-2H3. The molecule has 2 heterocycles. The second-order valence-electron chi connectivity index (χ2n) is 5.52. The van der Waals surface area contributed by atoms with Crippen LogP contribution in [0.4, 0.5) is 0 Å². The Morgan fingerprint density at radius 3 is 2.85 bits per heavy atom. The van der Waals surface area contributed by atoms with Gasteiger partial charge in [-0.1, -0.05) is 12.8 Å². The number of pyridine rings is 1. The van der Waals surface area contributed by atoms with E-state index in [1.807, 2.05) is 19.1 Å². The molecule has 1 aliphatic rings. The smallest absolute Gasteiger partial charge is 0.215 e. The summed E-state index contributed by atoms with van der Waals surface area (Å²) in [4.78, 5) is 9.14. The summed E-state index contributed by atoms with van der Waals surface area (Å²) in [6.45, 7) is 2.89. The Hall–Kier alpha value is -1.29. The largest absolute Gasteiger partial charge is 0.481 e. The van der Waals surface area contributed by atoms with E-state index in [4.69, 9.17) is 16.3 Å². The topological polar surface area (TPSA) is 39.9 Å². The first-order chi connectivity index (χ1) is 9.69. The minimum atomic E-state index is -0.115. The van der Waals surface area contributed by atoms with Crippen LogP contribution in [0.3, 0.4) is 0 Å². The van der Waals surface area contributed by atoms with Gasteiger partial charge < -0.3 is 9.30 Å². The zero-order valence-corrected chi connectivity index (χ0v) is 12.7. The minimum Gasteiger partial charge on any atom is -0.481 e. The summed E-state index contributed by atoms with van der Waals surface area (Å²) in [7, 11) is 1.63. The zero-order valence-electron chi connectivity index (χ0n) is 12.0. The first kappa shape index (κ1) is 13.7. The number of rotatable bonds is 6. The van der Waals surface area contributed by atoms with Gasteiger partial charge in [0.1, 0.15) is 11.3 Å². The highest BCUT2D eigenvalue weighted by Gasteiger charge is 2.21. The second kappa shape index (κ2) is 5.60. The minimum absolute atomic E-state index is 0.115. The Bertz CT molecular complexity index is 604. The van der Waals surface area contributed by atoms with Crippen molar-refractivity contribution < 1.29 is 4.74 Å². The van der Waals surface area contributed by atoms with Gasteiger partial charge in [-0.15, -0.1) is 11.6 Å². The van der Waals surface area contributed by atoms with Gasteiger partial charge in [0.15, 0.2) is 5.65 Å². The summed E-state index contributed by atoms with van der Waals surface area (Å²) in [6.07, 6.45) is 5.25. The van der Waals surface area contributed by atoms with Gasteiger partial charge in [0, 0.05) is 12.6 Å². The highest BCUT2D eigenvalue weighted by molar-refractivity contribution is 6.20. The van der Waals surface area contributed by atoms with Gasteiger partial charge in [-0.05, 0) is 31.7 Å². The van der Waals surface area contributed by atoms with Crippen molar-refractivity contribution >= 4 is 22.8 Å². The quantitative estimate of drug-likeness (QED) is 0.758. The van der Waals surface area contributed by atoms with Gasteiger partial charge >= 0.3 is 0 Å². The van der Waals surface area contributed by atoms with Gasteiger partial charge in [-0.3, -0.25) is 0 Å². The van der Waals surface area contributed by atoms with Crippen molar-refractivity contribution in [1.29, 1.82) is 0 Å². The van der Waals surface area contributed by atoms with Crippen LogP contribution in [0, 0.1) is 5.92 Å². The third-order valence-electron chi connectivity index (χ3n) is 3.85. The maximum absolute atomic E-state index is 6.26. The molecule has 108 valence electrons. The number of aromatic nitrogens is 3. The number of alkyl halides is 1. The molecule has 0 spiro atoms. The number of halogens is 1. The number of ether oxygens (including phenoxy) is 1. The fourth-order valence-corrected chi connectivity index (χ4v) is 2.75. The summed E-state index contributed by atoms with van der Waals surface area (Å²) in [6, 6.07) is 3.79. The Morgan fingerprint density at radius 1 is 1.40 bits per heavy atom. The maximum Gasteiger partial charge on any atom is 0.215 e. The molecule has 1 unspecified atom stereocenters. The molecule has 2 aromatic heterocycles. The fourth-order valence-electron chi connectivity index (χ4n) is 2.58. The molecule has 0 N–H and O–H groups in total. The van der Waals surface area contributed by atoms with Crippen LogP contribution >= 0.6 is 11.6 Å². The number of fused-ring (bicyclic) bond motifs is 1.